The van der Waals surface area contributed by atoms with E-state index in [1.807, 2.05) is 31.2 Å². The van der Waals surface area contributed by atoms with E-state index in [1.165, 1.54) is 0 Å². The summed E-state index contributed by atoms with van der Waals surface area (Å²) in [4.78, 5) is 14.0. The van der Waals surface area contributed by atoms with E-state index >= 15 is 0 Å². The number of nitrogens with zero attached hydrogens (tertiary/aromatic N) is 1. The minimum absolute atomic E-state index is 0.00824. The van der Waals surface area contributed by atoms with Crippen LogP contribution in [0.15, 0.2) is 24.3 Å². The first kappa shape index (κ1) is 15.6. The van der Waals surface area contributed by atoms with Crippen molar-refractivity contribution < 1.29 is 9.53 Å². The molecule has 2 rings (SSSR count). The molecule has 0 radical (unpaired) electrons. The number of hydrogen-bond acceptors (Lipinski definition) is 3. The van der Waals surface area contributed by atoms with Gasteiger partial charge in [-0.15, -0.1) is 0 Å². The first-order chi connectivity index (χ1) is 10.0. The summed E-state index contributed by atoms with van der Waals surface area (Å²) in [5, 5.41) is 5.63. The second-order valence-corrected chi connectivity index (χ2v) is 5.94. The van der Waals surface area contributed by atoms with Crippen molar-refractivity contribution in [3.05, 3.63) is 24.3 Å². The lowest BCUT2D eigenvalue weighted by Crippen LogP contribution is -2.53. The Bertz CT molecular complexity index is 471. The highest BCUT2D eigenvalue weighted by atomic mass is 16.5. The summed E-state index contributed by atoms with van der Waals surface area (Å²) in [6.07, 6.45) is 0.929. The standard InChI is InChI=1S/C16H25N3O2/c1-4-9-17-15(20)18-13-5-7-14(8-6-13)19-10-11-21-12-16(19,2)3/h5-8H,4,9-12H2,1-3H3,(H2,17,18,20). The zero-order valence-corrected chi connectivity index (χ0v) is 13.1. The van der Waals surface area contributed by atoms with Crippen molar-refractivity contribution in [2.24, 2.45) is 0 Å². The van der Waals surface area contributed by atoms with E-state index in [1.54, 1.807) is 0 Å². The number of carbonyl (C=O) groups is 1. The Morgan fingerprint density at radius 2 is 2.05 bits per heavy atom. The van der Waals surface area contributed by atoms with Crippen LogP contribution in [0.2, 0.25) is 0 Å². The van der Waals surface area contributed by atoms with Gasteiger partial charge in [0.1, 0.15) is 0 Å². The topological polar surface area (TPSA) is 53.6 Å². The Labute approximate surface area is 126 Å². The van der Waals surface area contributed by atoms with Gasteiger partial charge in [-0.1, -0.05) is 6.92 Å². The molecule has 116 valence electrons. The van der Waals surface area contributed by atoms with Gasteiger partial charge in [0.15, 0.2) is 0 Å². The SMILES string of the molecule is CCCNC(=O)Nc1ccc(N2CCOCC2(C)C)cc1. The molecule has 21 heavy (non-hydrogen) atoms. The van der Waals surface area contributed by atoms with Gasteiger partial charge >= 0.3 is 6.03 Å². The number of morpholine rings is 1. The molecule has 1 fully saturated rings. The third-order valence-electron chi connectivity index (χ3n) is 3.62. The average molecular weight is 291 g/mol. The number of ether oxygens (including phenoxy) is 1. The molecule has 1 aromatic carbocycles. The summed E-state index contributed by atoms with van der Waals surface area (Å²) in [7, 11) is 0. The van der Waals surface area contributed by atoms with Crippen LogP contribution in [0.25, 0.3) is 0 Å². The summed E-state index contributed by atoms with van der Waals surface area (Å²) in [6.45, 7) is 9.43. The predicted octanol–water partition coefficient (Wildman–Crippen LogP) is 2.83. The van der Waals surface area contributed by atoms with E-state index in [-0.39, 0.29) is 11.6 Å². The molecular weight excluding hydrogens is 266 g/mol. The van der Waals surface area contributed by atoms with Crippen LogP contribution in [0.1, 0.15) is 27.2 Å². The lowest BCUT2D eigenvalue weighted by molar-refractivity contribution is 0.0644. The van der Waals surface area contributed by atoms with Crippen LogP contribution in [0.5, 0.6) is 0 Å². The van der Waals surface area contributed by atoms with Crippen molar-refractivity contribution in [1.29, 1.82) is 0 Å². The van der Waals surface area contributed by atoms with Crippen LogP contribution in [-0.2, 0) is 4.74 Å². The van der Waals surface area contributed by atoms with Crippen LogP contribution in [0, 0.1) is 0 Å². The molecule has 5 nitrogen and oxygen atoms in total. The van der Waals surface area contributed by atoms with Crippen molar-refractivity contribution in [3.63, 3.8) is 0 Å². The monoisotopic (exact) mass is 291 g/mol. The lowest BCUT2D eigenvalue weighted by atomic mass is 10.0. The van der Waals surface area contributed by atoms with Gasteiger partial charge < -0.3 is 20.3 Å². The normalized spacial score (nSPS) is 17.4. The van der Waals surface area contributed by atoms with Crippen LogP contribution in [0.3, 0.4) is 0 Å². The predicted molar refractivity (Wildman–Crippen MR) is 86.0 cm³/mol. The molecule has 0 aliphatic carbocycles. The molecule has 0 spiro atoms. The highest BCUT2D eigenvalue weighted by molar-refractivity contribution is 5.89. The fourth-order valence-corrected chi connectivity index (χ4v) is 2.48. The first-order valence-electron chi connectivity index (χ1n) is 7.53. The number of amides is 2. The fourth-order valence-electron chi connectivity index (χ4n) is 2.48. The van der Waals surface area contributed by atoms with Gasteiger partial charge in [0.05, 0.1) is 18.8 Å². The van der Waals surface area contributed by atoms with E-state index in [4.69, 9.17) is 4.74 Å². The highest BCUT2D eigenvalue weighted by Gasteiger charge is 2.30. The van der Waals surface area contributed by atoms with Gasteiger partial charge in [0.25, 0.3) is 0 Å². The highest BCUT2D eigenvalue weighted by Crippen LogP contribution is 2.27. The Balaban J connectivity index is 2.00. The molecule has 0 saturated carbocycles. The summed E-state index contributed by atoms with van der Waals surface area (Å²) < 4.78 is 5.54. The Kier molecular flexibility index (Phi) is 5.07. The van der Waals surface area contributed by atoms with Crippen LogP contribution < -0.4 is 15.5 Å². The number of rotatable bonds is 4. The van der Waals surface area contributed by atoms with Crippen LogP contribution in [0.4, 0.5) is 16.2 Å². The molecule has 0 bridgehead atoms. The number of benzene rings is 1. The fraction of sp³-hybridized carbons (Fsp3) is 0.562. The quantitative estimate of drug-likeness (QED) is 0.897. The van der Waals surface area contributed by atoms with Crippen molar-refractivity contribution in [3.8, 4) is 0 Å². The Hall–Kier alpha value is -1.75. The van der Waals surface area contributed by atoms with E-state index in [0.29, 0.717) is 6.54 Å². The summed E-state index contributed by atoms with van der Waals surface area (Å²) in [6, 6.07) is 7.81. The minimum Gasteiger partial charge on any atom is -0.377 e. The first-order valence-corrected chi connectivity index (χ1v) is 7.53. The lowest BCUT2D eigenvalue weighted by Gasteiger charge is -2.43. The van der Waals surface area contributed by atoms with Gasteiger partial charge in [-0.05, 0) is 44.5 Å². The van der Waals surface area contributed by atoms with Crippen molar-refractivity contribution >= 4 is 17.4 Å². The van der Waals surface area contributed by atoms with Gasteiger partial charge in [-0.25, -0.2) is 4.79 Å². The maximum Gasteiger partial charge on any atom is 0.319 e. The smallest absolute Gasteiger partial charge is 0.319 e. The Morgan fingerprint density at radius 3 is 2.67 bits per heavy atom. The van der Waals surface area contributed by atoms with Gasteiger partial charge in [-0.2, -0.15) is 0 Å². The molecule has 1 aliphatic rings. The van der Waals surface area contributed by atoms with Gasteiger partial charge in [-0.3, -0.25) is 0 Å². The second-order valence-electron chi connectivity index (χ2n) is 5.94. The maximum absolute atomic E-state index is 11.6. The number of anilines is 2. The number of urea groups is 1. The van der Waals surface area contributed by atoms with Gasteiger partial charge in [0, 0.05) is 24.5 Å². The molecule has 0 unspecified atom stereocenters. The summed E-state index contributed by atoms with van der Waals surface area (Å²) in [5.74, 6) is 0. The number of hydrogen-bond donors (Lipinski definition) is 2. The molecule has 5 heteroatoms. The molecule has 1 aromatic rings. The second kappa shape index (κ2) is 6.80. The average Bonchev–Trinajstić information content (AvgIpc) is 2.46. The molecule has 1 saturated heterocycles. The molecule has 1 aliphatic heterocycles. The molecule has 1 heterocycles. The summed E-state index contributed by atoms with van der Waals surface area (Å²) in [5.41, 5.74) is 1.95. The van der Waals surface area contributed by atoms with E-state index in [2.05, 4.69) is 29.4 Å². The van der Waals surface area contributed by atoms with E-state index in [0.717, 1.165) is 37.6 Å². The number of carbonyl (C=O) groups excluding carboxylic acids is 1. The molecule has 2 amide bonds. The van der Waals surface area contributed by atoms with Crippen molar-refractivity contribution in [2.45, 2.75) is 32.7 Å². The van der Waals surface area contributed by atoms with Crippen molar-refractivity contribution in [2.75, 3.05) is 36.5 Å². The van der Waals surface area contributed by atoms with Gasteiger partial charge in [0.2, 0.25) is 0 Å². The molecule has 0 aromatic heterocycles. The Morgan fingerprint density at radius 1 is 1.33 bits per heavy atom. The zero-order chi connectivity index (χ0) is 15.3. The van der Waals surface area contributed by atoms with Crippen molar-refractivity contribution in [1.82, 2.24) is 5.32 Å². The van der Waals surface area contributed by atoms with Crippen LogP contribution in [-0.4, -0.2) is 37.9 Å². The molecule has 0 atom stereocenters. The third kappa shape index (κ3) is 4.11. The van der Waals surface area contributed by atoms with E-state index < -0.39 is 0 Å². The summed E-state index contributed by atoms with van der Waals surface area (Å²) >= 11 is 0. The largest absolute Gasteiger partial charge is 0.377 e. The van der Waals surface area contributed by atoms with Crippen LogP contribution >= 0.6 is 0 Å². The van der Waals surface area contributed by atoms with E-state index in [9.17, 15) is 4.79 Å². The molecule has 2 N–H and O–H groups in total. The molecular formula is C16H25N3O2. The maximum atomic E-state index is 11.6. The third-order valence-corrected chi connectivity index (χ3v) is 3.62. The zero-order valence-electron chi connectivity index (χ0n) is 13.1. The minimum atomic E-state index is -0.156. The number of nitrogens with one attached hydrogen (secondary N) is 2.